The fourth-order valence-electron chi connectivity index (χ4n) is 2.99. The molecule has 8 nitrogen and oxygen atoms in total. The Labute approximate surface area is 166 Å². The van der Waals surface area contributed by atoms with Crippen molar-refractivity contribution in [1.82, 2.24) is 9.88 Å². The Morgan fingerprint density at radius 3 is 2.75 bits per heavy atom. The first-order chi connectivity index (χ1) is 13.3. The molecule has 3 heterocycles. The molecule has 146 valence electrons. The molecule has 0 aliphatic rings. The summed E-state index contributed by atoms with van der Waals surface area (Å²) in [7, 11) is 4.00. The van der Waals surface area contributed by atoms with Crippen molar-refractivity contribution >= 4 is 39.0 Å². The van der Waals surface area contributed by atoms with Gasteiger partial charge in [-0.25, -0.2) is 4.98 Å². The molecule has 0 unspecified atom stereocenters. The van der Waals surface area contributed by atoms with Crippen LogP contribution in [-0.4, -0.2) is 43.0 Å². The summed E-state index contributed by atoms with van der Waals surface area (Å²) in [6.45, 7) is 3.37. The number of anilines is 2. The van der Waals surface area contributed by atoms with Gasteiger partial charge in [0.25, 0.3) is 5.91 Å². The number of primary amides is 1. The molecule has 0 saturated heterocycles. The van der Waals surface area contributed by atoms with Crippen LogP contribution in [0.3, 0.4) is 0 Å². The van der Waals surface area contributed by atoms with Gasteiger partial charge < -0.3 is 26.1 Å². The highest BCUT2D eigenvalue weighted by Gasteiger charge is 2.25. The van der Waals surface area contributed by atoms with E-state index < -0.39 is 5.91 Å². The monoisotopic (exact) mass is 398 g/mol. The van der Waals surface area contributed by atoms with Crippen LogP contribution in [0.4, 0.5) is 11.5 Å². The number of hydrogen-bond donors (Lipinski definition) is 3. The van der Waals surface area contributed by atoms with Crippen LogP contribution in [0, 0.1) is 18.3 Å². The molecular formula is C19H22N6O2S. The van der Waals surface area contributed by atoms with Crippen molar-refractivity contribution in [1.29, 1.82) is 5.26 Å². The number of nitrogen functional groups attached to an aromatic ring is 1. The molecule has 0 saturated carbocycles. The van der Waals surface area contributed by atoms with E-state index in [1.165, 1.54) is 0 Å². The summed E-state index contributed by atoms with van der Waals surface area (Å²) in [5.41, 5.74) is 12.7. The third-order valence-electron chi connectivity index (χ3n) is 4.27. The van der Waals surface area contributed by atoms with Gasteiger partial charge in [-0.15, -0.1) is 11.3 Å². The van der Waals surface area contributed by atoms with Crippen molar-refractivity contribution in [2.45, 2.75) is 13.3 Å². The van der Waals surface area contributed by atoms with Gasteiger partial charge in [-0.2, -0.15) is 5.26 Å². The predicted octanol–water partition coefficient (Wildman–Crippen LogP) is 2.78. The molecule has 0 aliphatic heterocycles. The number of nitriles is 1. The molecular weight excluding hydrogens is 376 g/mol. The number of thiophene rings is 1. The van der Waals surface area contributed by atoms with E-state index in [2.05, 4.69) is 21.3 Å². The number of hydrogen-bond acceptors (Lipinski definition) is 8. The van der Waals surface area contributed by atoms with E-state index in [0.717, 1.165) is 24.3 Å². The lowest BCUT2D eigenvalue weighted by Gasteiger charge is -2.13. The Hall–Kier alpha value is -3.09. The fourth-order valence-corrected chi connectivity index (χ4v) is 3.95. The summed E-state index contributed by atoms with van der Waals surface area (Å²) < 4.78 is 5.78. The van der Waals surface area contributed by atoms with Crippen LogP contribution in [0.2, 0.25) is 0 Å². The van der Waals surface area contributed by atoms with Crippen LogP contribution in [-0.2, 0) is 0 Å². The van der Waals surface area contributed by atoms with Gasteiger partial charge in [0.15, 0.2) is 0 Å². The second kappa shape index (κ2) is 7.88. The first kappa shape index (κ1) is 19.7. The molecule has 3 aromatic rings. The van der Waals surface area contributed by atoms with E-state index in [4.69, 9.17) is 15.9 Å². The minimum Gasteiger partial charge on any atom is -0.461 e. The number of pyridine rings is 1. The van der Waals surface area contributed by atoms with E-state index in [1.54, 1.807) is 6.07 Å². The zero-order valence-corrected chi connectivity index (χ0v) is 16.8. The van der Waals surface area contributed by atoms with Gasteiger partial charge in [0.2, 0.25) is 0 Å². The van der Waals surface area contributed by atoms with E-state index >= 15 is 0 Å². The van der Waals surface area contributed by atoms with E-state index in [-0.39, 0.29) is 10.6 Å². The lowest BCUT2D eigenvalue weighted by atomic mass is 10.0. The summed E-state index contributed by atoms with van der Waals surface area (Å²) in [5, 5.41) is 13.6. The Morgan fingerprint density at radius 2 is 2.18 bits per heavy atom. The maximum atomic E-state index is 11.8. The molecule has 3 aromatic heterocycles. The zero-order valence-electron chi connectivity index (χ0n) is 16.0. The normalized spacial score (nSPS) is 11.1. The molecule has 0 atom stereocenters. The molecule has 0 fully saturated rings. The Balaban J connectivity index is 2.19. The third kappa shape index (κ3) is 3.65. The van der Waals surface area contributed by atoms with Gasteiger partial charge in [-0.1, -0.05) is 0 Å². The molecule has 0 aliphatic carbocycles. The number of carbonyl (C=O) groups is 1. The first-order valence-electron chi connectivity index (χ1n) is 8.74. The first-order valence-corrected chi connectivity index (χ1v) is 9.56. The molecule has 9 heteroatoms. The molecule has 3 rings (SSSR count). The van der Waals surface area contributed by atoms with Crippen molar-refractivity contribution in [3.8, 4) is 17.4 Å². The number of nitrogens with two attached hydrogens (primary N) is 2. The number of amides is 1. The van der Waals surface area contributed by atoms with Crippen molar-refractivity contribution in [2.24, 2.45) is 5.73 Å². The third-order valence-corrected chi connectivity index (χ3v) is 5.39. The fraction of sp³-hybridized carbons (Fsp3) is 0.316. The van der Waals surface area contributed by atoms with Crippen molar-refractivity contribution < 1.29 is 9.21 Å². The smallest absolute Gasteiger partial charge is 0.260 e. The van der Waals surface area contributed by atoms with Gasteiger partial charge >= 0.3 is 0 Å². The lowest BCUT2D eigenvalue weighted by Crippen LogP contribution is -2.17. The lowest BCUT2D eigenvalue weighted by molar-refractivity contribution is 0.100. The Kier molecular flexibility index (Phi) is 5.53. The van der Waals surface area contributed by atoms with Gasteiger partial charge in [0.1, 0.15) is 38.7 Å². The Morgan fingerprint density at radius 1 is 1.43 bits per heavy atom. The second-order valence-electron chi connectivity index (χ2n) is 6.71. The van der Waals surface area contributed by atoms with Crippen molar-refractivity contribution in [2.75, 3.05) is 38.2 Å². The highest BCUT2D eigenvalue weighted by Crippen LogP contribution is 2.43. The number of aromatic nitrogens is 1. The van der Waals surface area contributed by atoms with Crippen LogP contribution in [0.15, 0.2) is 16.5 Å². The summed E-state index contributed by atoms with van der Waals surface area (Å²) in [4.78, 5) is 19.2. The molecule has 28 heavy (non-hydrogen) atoms. The number of fused-ring (bicyclic) bond motifs is 1. The van der Waals surface area contributed by atoms with Crippen molar-refractivity contribution in [3.05, 3.63) is 28.3 Å². The van der Waals surface area contributed by atoms with E-state index in [0.29, 0.717) is 45.2 Å². The minimum absolute atomic E-state index is 0.222. The predicted molar refractivity (Wildman–Crippen MR) is 111 cm³/mol. The number of rotatable bonds is 7. The van der Waals surface area contributed by atoms with Crippen LogP contribution in [0.1, 0.15) is 27.4 Å². The van der Waals surface area contributed by atoms with Crippen LogP contribution in [0.5, 0.6) is 0 Å². The van der Waals surface area contributed by atoms with Gasteiger partial charge in [-0.3, -0.25) is 4.79 Å². The molecule has 0 aromatic carbocycles. The average molecular weight is 398 g/mol. The minimum atomic E-state index is -0.624. The SMILES string of the molecule is Cc1ccc(-c2c(C#N)c(NCCCN(C)C)nc3sc(C(N)=O)c(N)c23)o1. The highest BCUT2D eigenvalue weighted by molar-refractivity contribution is 7.21. The summed E-state index contributed by atoms with van der Waals surface area (Å²) >= 11 is 1.12. The Bertz CT molecular complexity index is 1080. The van der Waals surface area contributed by atoms with Crippen LogP contribution < -0.4 is 16.8 Å². The van der Waals surface area contributed by atoms with Crippen LogP contribution in [0.25, 0.3) is 21.5 Å². The summed E-state index contributed by atoms with van der Waals surface area (Å²) in [6, 6.07) is 5.81. The summed E-state index contributed by atoms with van der Waals surface area (Å²) in [5.74, 6) is 1.02. The molecule has 1 amide bonds. The highest BCUT2D eigenvalue weighted by atomic mass is 32.1. The number of nitrogens with one attached hydrogen (secondary N) is 1. The maximum Gasteiger partial charge on any atom is 0.260 e. The van der Waals surface area contributed by atoms with Crippen LogP contribution >= 0.6 is 11.3 Å². The number of furan rings is 1. The topological polar surface area (TPSA) is 134 Å². The zero-order chi connectivity index (χ0) is 20.4. The molecule has 0 spiro atoms. The van der Waals surface area contributed by atoms with Crippen molar-refractivity contribution in [3.63, 3.8) is 0 Å². The van der Waals surface area contributed by atoms with Gasteiger partial charge in [0, 0.05) is 11.9 Å². The maximum absolute atomic E-state index is 11.8. The second-order valence-corrected chi connectivity index (χ2v) is 7.70. The molecule has 0 bridgehead atoms. The molecule has 5 N–H and O–H groups in total. The van der Waals surface area contributed by atoms with Gasteiger partial charge in [-0.05, 0) is 46.1 Å². The average Bonchev–Trinajstić information content (AvgIpc) is 3.21. The van der Waals surface area contributed by atoms with E-state index in [9.17, 15) is 10.1 Å². The number of carbonyl (C=O) groups excluding carboxylic acids is 1. The van der Waals surface area contributed by atoms with Gasteiger partial charge in [0.05, 0.1) is 11.3 Å². The number of nitrogens with zero attached hydrogens (tertiary/aromatic N) is 3. The standard InChI is InChI=1S/C19H22N6O2S/c1-10-5-6-12(27-10)13-11(9-20)18(23-7-4-8-25(2)3)24-19-14(13)15(21)16(28-19)17(22)26/h5-6H,4,7-8,21H2,1-3H3,(H2,22,26)(H,23,24). The van der Waals surface area contributed by atoms with E-state index in [1.807, 2.05) is 27.1 Å². The molecule has 0 radical (unpaired) electrons. The quantitative estimate of drug-likeness (QED) is 0.521. The number of aryl methyl sites for hydroxylation is 1. The summed E-state index contributed by atoms with van der Waals surface area (Å²) in [6.07, 6.45) is 0.881. The largest absolute Gasteiger partial charge is 0.461 e.